The van der Waals surface area contributed by atoms with Crippen LogP contribution in [0, 0.1) is 11.7 Å². The SMILES string of the molecule is CC1CCCC(NC(=O)n2cc(F)c(=O)[nH]c2=O)C1. The highest BCUT2D eigenvalue weighted by molar-refractivity contribution is 5.76. The number of aromatic amines is 1. The van der Waals surface area contributed by atoms with Crippen molar-refractivity contribution >= 4 is 6.03 Å². The van der Waals surface area contributed by atoms with Gasteiger partial charge in [-0.05, 0) is 18.8 Å². The summed E-state index contributed by atoms with van der Waals surface area (Å²) in [6, 6.07) is -0.725. The summed E-state index contributed by atoms with van der Waals surface area (Å²) in [7, 11) is 0. The molecule has 0 bridgehead atoms. The summed E-state index contributed by atoms with van der Waals surface area (Å²) in [6.07, 6.45) is 4.44. The van der Waals surface area contributed by atoms with Gasteiger partial charge in [0.15, 0.2) is 0 Å². The molecular formula is C12H16FN3O3. The van der Waals surface area contributed by atoms with E-state index in [0.717, 1.165) is 25.7 Å². The molecule has 1 aromatic heterocycles. The number of hydrogen-bond acceptors (Lipinski definition) is 3. The molecule has 6 nitrogen and oxygen atoms in total. The van der Waals surface area contributed by atoms with Gasteiger partial charge in [-0.25, -0.2) is 14.2 Å². The lowest BCUT2D eigenvalue weighted by Crippen LogP contribution is -2.45. The number of amides is 1. The van der Waals surface area contributed by atoms with Crippen molar-refractivity contribution in [3.8, 4) is 0 Å². The van der Waals surface area contributed by atoms with Gasteiger partial charge in [-0.15, -0.1) is 0 Å². The van der Waals surface area contributed by atoms with Crippen molar-refractivity contribution in [1.82, 2.24) is 14.9 Å². The standard InChI is InChI=1S/C12H16FN3O3/c1-7-3-2-4-8(5-7)14-11(18)16-6-9(13)10(17)15-12(16)19/h6-8H,2-5H2,1H3,(H,14,18)(H,15,17,19). The first-order chi connectivity index (χ1) is 8.97. The molecule has 1 saturated carbocycles. The lowest BCUT2D eigenvalue weighted by molar-refractivity contribution is 0.227. The van der Waals surface area contributed by atoms with Crippen molar-refractivity contribution in [2.75, 3.05) is 0 Å². The average molecular weight is 269 g/mol. The highest BCUT2D eigenvalue weighted by Gasteiger charge is 2.21. The van der Waals surface area contributed by atoms with Gasteiger partial charge in [0.25, 0.3) is 5.56 Å². The number of aromatic nitrogens is 2. The predicted molar refractivity (Wildman–Crippen MR) is 66.6 cm³/mol. The van der Waals surface area contributed by atoms with E-state index in [9.17, 15) is 18.8 Å². The van der Waals surface area contributed by atoms with Gasteiger partial charge in [0.2, 0.25) is 5.82 Å². The smallest absolute Gasteiger partial charge is 0.335 e. The minimum absolute atomic E-state index is 0.0156. The van der Waals surface area contributed by atoms with Gasteiger partial charge in [-0.2, -0.15) is 4.39 Å². The van der Waals surface area contributed by atoms with E-state index >= 15 is 0 Å². The second-order valence-electron chi connectivity index (χ2n) is 5.02. The Kier molecular flexibility index (Phi) is 3.82. The summed E-state index contributed by atoms with van der Waals surface area (Å²) >= 11 is 0. The zero-order chi connectivity index (χ0) is 14.0. The molecule has 7 heteroatoms. The maximum atomic E-state index is 13.1. The van der Waals surface area contributed by atoms with Crippen molar-refractivity contribution in [1.29, 1.82) is 0 Å². The van der Waals surface area contributed by atoms with Gasteiger partial charge < -0.3 is 5.32 Å². The first kappa shape index (κ1) is 13.5. The Bertz CT molecular complexity index is 593. The topological polar surface area (TPSA) is 84.0 Å². The Morgan fingerprint density at radius 1 is 1.47 bits per heavy atom. The second kappa shape index (κ2) is 5.38. The number of carbonyl (C=O) groups excluding carboxylic acids is 1. The van der Waals surface area contributed by atoms with E-state index in [4.69, 9.17) is 0 Å². The van der Waals surface area contributed by atoms with E-state index in [1.54, 1.807) is 4.98 Å². The Hall–Kier alpha value is -1.92. The first-order valence-corrected chi connectivity index (χ1v) is 6.29. The van der Waals surface area contributed by atoms with Gasteiger partial charge in [-0.1, -0.05) is 19.8 Å². The van der Waals surface area contributed by atoms with Gasteiger partial charge in [0.05, 0.1) is 6.20 Å². The molecule has 19 heavy (non-hydrogen) atoms. The Balaban J connectivity index is 2.14. The first-order valence-electron chi connectivity index (χ1n) is 6.29. The van der Waals surface area contributed by atoms with Crippen molar-refractivity contribution < 1.29 is 9.18 Å². The largest absolute Gasteiger partial charge is 0.336 e. The molecule has 0 spiro atoms. The van der Waals surface area contributed by atoms with E-state index in [-0.39, 0.29) is 6.04 Å². The molecule has 0 aliphatic heterocycles. The normalized spacial score (nSPS) is 23.1. The molecule has 104 valence electrons. The monoisotopic (exact) mass is 269 g/mol. The van der Waals surface area contributed by atoms with E-state index in [1.807, 2.05) is 0 Å². The molecular weight excluding hydrogens is 253 g/mol. The van der Waals surface area contributed by atoms with E-state index in [2.05, 4.69) is 12.2 Å². The van der Waals surface area contributed by atoms with Crippen LogP contribution in [0.15, 0.2) is 15.8 Å². The molecule has 2 atom stereocenters. The number of H-pyrrole nitrogens is 1. The van der Waals surface area contributed by atoms with Crippen LogP contribution >= 0.6 is 0 Å². The number of nitrogens with one attached hydrogen (secondary N) is 2. The minimum Gasteiger partial charge on any atom is -0.335 e. The molecule has 2 rings (SSSR count). The molecule has 2 unspecified atom stereocenters. The van der Waals surface area contributed by atoms with Gasteiger partial charge in [-0.3, -0.25) is 9.78 Å². The fourth-order valence-electron chi connectivity index (χ4n) is 2.41. The molecule has 1 heterocycles. The van der Waals surface area contributed by atoms with Crippen LogP contribution < -0.4 is 16.6 Å². The summed E-state index contributed by atoms with van der Waals surface area (Å²) < 4.78 is 13.6. The maximum absolute atomic E-state index is 13.1. The van der Waals surface area contributed by atoms with E-state index in [1.165, 1.54) is 0 Å². The lowest BCUT2D eigenvalue weighted by Gasteiger charge is -2.27. The number of nitrogens with zero attached hydrogens (tertiary/aromatic N) is 1. The van der Waals surface area contributed by atoms with E-state index in [0.29, 0.717) is 16.7 Å². The Morgan fingerprint density at radius 3 is 2.89 bits per heavy atom. The third-order valence-corrected chi connectivity index (χ3v) is 3.38. The molecule has 2 N–H and O–H groups in total. The summed E-state index contributed by atoms with van der Waals surface area (Å²) in [5.41, 5.74) is -2.06. The van der Waals surface area contributed by atoms with Crippen LogP contribution in [0.5, 0.6) is 0 Å². The van der Waals surface area contributed by atoms with Gasteiger partial charge in [0, 0.05) is 6.04 Å². The number of rotatable bonds is 1. The van der Waals surface area contributed by atoms with Crippen LogP contribution in [0.1, 0.15) is 32.6 Å². The molecule has 1 aliphatic carbocycles. The van der Waals surface area contributed by atoms with Crippen LogP contribution in [0.2, 0.25) is 0 Å². The average Bonchev–Trinajstić information content (AvgIpc) is 2.33. The molecule has 1 aromatic rings. The number of hydrogen-bond donors (Lipinski definition) is 2. The zero-order valence-corrected chi connectivity index (χ0v) is 10.6. The fourth-order valence-corrected chi connectivity index (χ4v) is 2.41. The van der Waals surface area contributed by atoms with Crippen LogP contribution in [0.25, 0.3) is 0 Å². The third-order valence-electron chi connectivity index (χ3n) is 3.38. The van der Waals surface area contributed by atoms with Gasteiger partial charge >= 0.3 is 11.7 Å². The Labute approximate surface area is 108 Å². The molecule has 1 amide bonds. The second-order valence-corrected chi connectivity index (χ2v) is 5.02. The summed E-state index contributed by atoms with van der Waals surface area (Å²) in [6.45, 7) is 2.10. The molecule has 0 saturated heterocycles. The quantitative estimate of drug-likeness (QED) is 0.791. The van der Waals surface area contributed by atoms with Crippen molar-refractivity contribution in [3.63, 3.8) is 0 Å². The number of halogens is 1. The number of carbonyl (C=O) groups is 1. The van der Waals surface area contributed by atoms with Crippen molar-refractivity contribution in [3.05, 3.63) is 32.9 Å². The highest BCUT2D eigenvalue weighted by Crippen LogP contribution is 2.23. The molecule has 0 radical (unpaired) electrons. The lowest BCUT2D eigenvalue weighted by atomic mass is 9.87. The third kappa shape index (κ3) is 3.10. The molecule has 1 fully saturated rings. The van der Waals surface area contributed by atoms with Crippen LogP contribution in [-0.4, -0.2) is 21.6 Å². The highest BCUT2D eigenvalue weighted by atomic mass is 19.1. The molecule has 0 aromatic carbocycles. The summed E-state index contributed by atoms with van der Waals surface area (Å²) in [5, 5.41) is 2.69. The van der Waals surface area contributed by atoms with Crippen molar-refractivity contribution in [2.45, 2.75) is 38.6 Å². The fraction of sp³-hybridized carbons (Fsp3) is 0.583. The van der Waals surface area contributed by atoms with Crippen LogP contribution in [0.4, 0.5) is 9.18 Å². The van der Waals surface area contributed by atoms with E-state index < -0.39 is 23.1 Å². The minimum atomic E-state index is -1.16. The zero-order valence-electron chi connectivity index (χ0n) is 10.6. The molecule has 1 aliphatic rings. The summed E-state index contributed by atoms with van der Waals surface area (Å²) in [4.78, 5) is 35.9. The predicted octanol–water partition coefficient (Wildman–Crippen LogP) is 0.812. The van der Waals surface area contributed by atoms with Crippen LogP contribution in [-0.2, 0) is 0 Å². The van der Waals surface area contributed by atoms with Gasteiger partial charge in [0.1, 0.15) is 0 Å². The maximum Gasteiger partial charge on any atom is 0.336 e. The summed E-state index contributed by atoms with van der Waals surface area (Å²) in [5.74, 6) is -0.644. The van der Waals surface area contributed by atoms with Crippen molar-refractivity contribution in [2.24, 2.45) is 5.92 Å². The van der Waals surface area contributed by atoms with Crippen LogP contribution in [0.3, 0.4) is 0 Å². The Morgan fingerprint density at radius 2 is 2.21 bits per heavy atom.